The Morgan fingerprint density at radius 3 is 2.75 bits per heavy atom. The van der Waals surface area contributed by atoms with Crippen molar-refractivity contribution in [1.29, 1.82) is 0 Å². The minimum absolute atomic E-state index is 0.274. The van der Waals surface area contributed by atoms with Crippen LogP contribution in [-0.4, -0.2) is 23.1 Å². The van der Waals surface area contributed by atoms with Gasteiger partial charge in [0.15, 0.2) is 5.82 Å². The summed E-state index contributed by atoms with van der Waals surface area (Å²) >= 11 is 0. The van der Waals surface area contributed by atoms with Gasteiger partial charge in [-0.3, -0.25) is 4.79 Å². The number of anilines is 2. The maximum Gasteiger partial charge on any atom is 0.258 e. The third-order valence-electron chi connectivity index (χ3n) is 1.96. The van der Waals surface area contributed by atoms with Crippen LogP contribution >= 0.6 is 0 Å². The van der Waals surface area contributed by atoms with Crippen LogP contribution in [0.4, 0.5) is 11.6 Å². The zero-order chi connectivity index (χ0) is 11.4. The molecule has 2 N–H and O–H groups in total. The second-order valence-corrected chi connectivity index (χ2v) is 3.02. The summed E-state index contributed by atoms with van der Waals surface area (Å²) in [5.41, 5.74) is 0.460. The lowest BCUT2D eigenvalue weighted by molar-refractivity contribution is 0.102. The van der Waals surface area contributed by atoms with E-state index in [1.807, 2.05) is 0 Å². The quantitative estimate of drug-likeness (QED) is 0.813. The largest absolute Gasteiger partial charge is 0.373 e. The molecule has 0 saturated carbocycles. The molecule has 0 spiro atoms. The average Bonchev–Trinajstić information content (AvgIpc) is 2.82. The summed E-state index contributed by atoms with van der Waals surface area (Å²) in [5.74, 6) is 0.810. The Labute approximate surface area is 91.7 Å². The van der Waals surface area contributed by atoms with Gasteiger partial charge in [-0.25, -0.2) is 4.98 Å². The average molecular weight is 218 g/mol. The second kappa shape index (κ2) is 4.43. The molecular weight excluding hydrogens is 208 g/mol. The molecule has 2 heterocycles. The highest BCUT2D eigenvalue weighted by Crippen LogP contribution is 2.07. The van der Waals surface area contributed by atoms with E-state index in [4.69, 9.17) is 0 Å². The Bertz CT molecular complexity index is 464. The van der Waals surface area contributed by atoms with Crippen molar-refractivity contribution in [2.45, 2.75) is 0 Å². The van der Waals surface area contributed by atoms with E-state index in [1.165, 1.54) is 12.5 Å². The number of hydrogen-bond donors (Lipinski definition) is 2. The fourth-order valence-corrected chi connectivity index (χ4v) is 1.14. The van der Waals surface area contributed by atoms with E-state index >= 15 is 0 Å². The van der Waals surface area contributed by atoms with Crippen LogP contribution in [0, 0.1) is 0 Å². The van der Waals surface area contributed by atoms with Gasteiger partial charge in [0.05, 0.1) is 5.56 Å². The molecule has 6 heteroatoms. The number of carbonyl (C=O) groups excluding carboxylic acids is 1. The Morgan fingerprint density at radius 2 is 2.19 bits per heavy atom. The first-order valence-corrected chi connectivity index (χ1v) is 4.65. The van der Waals surface area contributed by atoms with E-state index in [-0.39, 0.29) is 5.91 Å². The topological polar surface area (TPSA) is 80.0 Å². The van der Waals surface area contributed by atoms with E-state index in [9.17, 15) is 4.79 Å². The van der Waals surface area contributed by atoms with Crippen molar-refractivity contribution in [2.75, 3.05) is 17.7 Å². The van der Waals surface area contributed by atoms with Gasteiger partial charge in [0.2, 0.25) is 0 Å². The Morgan fingerprint density at radius 1 is 1.31 bits per heavy atom. The van der Waals surface area contributed by atoms with E-state index in [0.717, 1.165) is 0 Å². The lowest BCUT2D eigenvalue weighted by Crippen LogP contribution is -2.12. The molecule has 0 unspecified atom stereocenters. The van der Waals surface area contributed by atoms with Crippen LogP contribution in [0.1, 0.15) is 10.4 Å². The van der Waals surface area contributed by atoms with Crippen LogP contribution in [0.15, 0.2) is 35.2 Å². The molecule has 1 amide bonds. The lowest BCUT2D eigenvalue weighted by Gasteiger charge is -2.02. The molecule has 16 heavy (non-hydrogen) atoms. The van der Waals surface area contributed by atoms with Gasteiger partial charge < -0.3 is 15.2 Å². The molecule has 82 valence electrons. The fourth-order valence-electron chi connectivity index (χ4n) is 1.14. The van der Waals surface area contributed by atoms with Gasteiger partial charge in [0.1, 0.15) is 12.1 Å². The molecule has 0 aliphatic rings. The molecule has 0 bridgehead atoms. The molecule has 0 atom stereocenters. The molecule has 0 fully saturated rings. The number of rotatable bonds is 3. The maximum absolute atomic E-state index is 11.7. The van der Waals surface area contributed by atoms with Crippen molar-refractivity contribution in [3.63, 3.8) is 0 Å². The normalized spacial score (nSPS) is 9.81. The van der Waals surface area contributed by atoms with Crippen LogP contribution < -0.4 is 10.6 Å². The summed E-state index contributed by atoms with van der Waals surface area (Å²) in [4.78, 5) is 15.7. The van der Waals surface area contributed by atoms with Crippen molar-refractivity contribution in [3.8, 4) is 0 Å². The summed E-state index contributed by atoms with van der Waals surface area (Å²) in [6, 6.07) is 4.96. The number of nitrogens with one attached hydrogen (secondary N) is 2. The van der Waals surface area contributed by atoms with Gasteiger partial charge in [-0.1, -0.05) is 5.16 Å². The van der Waals surface area contributed by atoms with E-state index in [2.05, 4.69) is 25.3 Å². The van der Waals surface area contributed by atoms with E-state index < -0.39 is 0 Å². The van der Waals surface area contributed by atoms with Gasteiger partial charge >= 0.3 is 0 Å². The number of pyridine rings is 1. The highest BCUT2D eigenvalue weighted by atomic mass is 16.5. The van der Waals surface area contributed by atoms with Crippen molar-refractivity contribution >= 4 is 17.5 Å². The highest BCUT2D eigenvalue weighted by molar-refractivity contribution is 6.03. The molecule has 2 aromatic rings. The zero-order valence-electron chi connectivity index (χ0n) is 8.60. The van der Waals surface area contributed by atoms with Crippen LogP contribution in [0.25, 0.3) is 0 Å². The minimum atomic E-state index is -0.274. The van der Waals surface area contributed by atoms with Crippen molar-refractivity contribution in [3.05, 3.63) is 36.2 Å². The summed E-state index contributed by atoms with van der Waals surface area (Å²) in [6.07, 6.45) is 2.87. The van der Waals surface area contributed by atoms with Crippen LogP contribution in [0.3, 0.4) is 0 Å². The monoisotopic (exact) mass is 218 g/mol. The standard InChI is InChI=1S/C10H10N4O2/c1-11-8-3-2-7(6-12-8)10(15)13-9-4-5-16-14-9/h2-6H,1H3,(H,11,12)(H,13,14,15). The number of hydrogen-bond acceptors (Lipinski definition) is 5. The summed E-state index contributed by atoms with van der Waals surface area (Å²) < 4.78 is 4.60. The fraction of sp³-hybridized carbons (Fsp3) is 0.100. The van der Waals surface area contributed by atoms with Crippen LogP contribution in [0.2, 0.25) is 0 Å². The van der Waals surface area contributed by atoms with E-state index in [1.54, 1.807) is 25.2 Å². The molecule has 0 aliphatic carbocycles. The second-order valence-electron chi connectivity index (χ2n) is 3.02. The Hall–Kier alpha value is -2.37. The van der Waals surface area contributed by atoms with Gasteiger partial charge in [0, 0.05) is 19.3 Å². The SMILES string of the molecule is CNc1ccc(C(=O)Nc2ccon2)cn1. The molecule has 0 aromatic carbocycles. The predicted octanol–water partition coefficient (Wildman–Crippen LogP) is 1.36. The minimum Gasteiger partial charge on any atom is -0.373 e. The van der Waals surface area contributed by atoms with Gasteiger partial charge in [0.25, 0.3) is 5.91 Å². The molecule has 0 aliphatic heterocycles. The molecule has 0 saturated heterocycles. The van der Waals surface area contributed by atoms with Crippen LogP contribution in [0.5, 0.6) is 0 Å². The summed E-state index contributed by atoms with van der Waals surface area (Å²) in [6.45, 7) is 0. The van der Waals surface area contributed by atoms with Crippen molar-refractivity contribution < 1.29 is 9.32 Å². The number of nitrogens with zero attached hydrogens (tertiary/aromatic N) is 2. The van der Waals surface area contributed by atoms with Crippen LogP contribution in [-0.2, 0) is 0 Å². The van der Waals surface area contributed by atoms with E-state index in [0.29, 0.717) is 17.2 Å². The first kappa shape index (κ1) is 10.2. The molecular formula is C10H10N4O2. The van der Waals surface area contributed by atoms with Gasteiger partial charge in [-0.2, -0.15) is 0 Å². The zero-order valence-corrected chi connectivity index (χ0v) is 8.60. The molecule has 6 nitrogen and oxygen atoms in total. The smallest absolute Gasteiger partial charge is 0.258 e. The van der Waals surface area contributed by atoms with Crippen molar-refractivity contribution in [1.82, 2.24) is 10.1 Å². The predicted molar refractivity (Wildman–Crippen MR) is 58.2 cm³/mol. The molecule has 0 radical (unpaired) electrons. The maximum atomic E-state index is 11.7. The number of amides is 1. The molecule has 2 aromatic heterocycles. The third kappa shape index (κ3) is 2.17. The third-order valence-corrected chi connectivity index (χ3v) is 1.96. The van der Waals surface area contributed by atoms with Gasteiger partial charge in [-0.05, 0) is 12.1 Å². The number of aromatic nitrogens is 2. The molecule has 2 rings (SSSR count). The first-order valence-electron chi connectivity index (χ1n) is 4.65. The van der Waals surface area contributed by atoms with Crippen molar-refractivity contribution in [2.24, 2.45) is 0 Å². The Balaban J connectivity index is 2.09. The van der Waals surface area contributed by atoms with Gasteiger partial charge in [-0.15, -0.1) is 0 Å². The highest BCUT2D eigenvalue weighted by Gasteiger charge is 2.07. The summed E-state index contributed by atoms with van der Waals surface area (Å²) in [7, 11) is 1.76. The first-order chi connectivity index (χ1) is 7.79. The Kier molecular flexibility index (Phi) is 2.81. The number of carbonyl (C=O) groups is 1. The lowest BCUT2D eigenvalue weighted by atomic mass is 10.2. The summed E-state index contributed by atoms with van der Waals surface area (Å²) in [5, 5.41) is 9.02.